The van der Waals surface area contributed by atoms with Crippen molar-refractivity contribution in [1.82, 2.24) is 14.3 Å². The summed E-state index contributed by atoms with van der Waals surface area (Å²) in [6.07, 6.45) is 0. The SMILES string of the molecule is COC(=O)c1c(C)cc(N2CCN(C(c3ccccc3)c3ccccc3Cl)CC2)n2c1nc1ccccc12. The predicted molar refractivity (Wildman–Crippen MR) is 152 cm³/mol. The van der Waals surface area contributed by atoms with Gasteiger partial charge in [0.25, 0.3) is 0 Å². The minimum absolute atomic E-state index is 0.0737. The van der Waals surface area contributed by atoms with Crippen LogP contribution in [0.5, 0.6) is 0 Å². The lowest BCUT2D eigenvalue weighted by Crippen LogP contribution is -2.48. The average molecular weight is 525 g/mol. The molecule has 0 bridgehead atoms. The van der Waals surface area contributed by atoms with E-state index in [4.69, 9.17) is 21.3 Å². The Morgan fingerprint density at radius 1 is 0.921 bits per heavy atom. The van der Waals surface area contributed by atoms with Crippen molar-refractivity contribution < 1.29 is 9.53 Å². The maximum atomic E-state index is 12.7. The fourth-order valence-electron chi connectivity index (χ4n) is 5.65. The summed E-state index contributed by atoms with van der Waals surface area (Å²) in [4.78, 5) is 22.5. The van der Waals surface area contributed by atoms with Crippen molar-refractivity contribution in [3.05, 3.63) is 112 Å². The van der Waals surface area contributed by atoms with Crippen LogP contribution in [0.1, 0.15) is 33.1 Å². The lowest BCUT2D eigenvalue weighted by molar-refractivity contribution is 0.0601. The van der Waals surface area contributed by atoms with E-state index in [9.17, 15) is 4.79 Å². The molecule has 3 aromatic carbocycles. The molecule has 192 valence electrons. The van der Waals surface area contributed by atoms with E-state index in [1.807, 2.05) is 49.4 Å². The Bertz CT molecular complexity index is 1620. The highest BCUT2D eigenvalue weighted by molar-refractivity contribution is 6.31. The fraction of sp³-hybridized carbons (Fsp3) is 0.226. The van der Waals surface area contributed by atoms with E-state index in [0.29, 0.717) is 11.2 Å². The zero-order chi connectivity index (χ0) is 26.2. The van der Waals surface area contributed by atoms with E-state index in [1.54, 1.807) is 0 Å². The van der Waals surface area contributed by atoms with Crippen molar-refractivity contribution >= 4 is 40.1 Å². The van der Waals surface area contributed by atoms with Crippen molar-refractivity contribution in [1.29, 1.82) is 0 Å². The monoisotopic (exact) mass is 524 g/mol. The van der Waals surface area contributed by atoms with Crippen LogP contribution in [0.4, 0.5) is 5.82 Å². The van der Waals surface area contributed by atoms with Gasteiger partial charge in [-0.15, -0.1) is 0 Å². The lowest BCUT2D eigenvalue weighted by atomic mass is 9.96. The van der Waals surface area contributed by atoms with Gasteiger partial charge in [0.1, 0.15) is 11.4 Å². The van der Waals surface area contributed by atoms with Gasteiger partial charge in [0.15, 0.2) is 5.65 Å². The second-order valence-electron chi connectivity index (χ2n) is 9.67. The van der Waals surface area contributed by atoms with Crippen LogP contribution < -0.4 is 4.90 Å². The van der Waals surface area contributed by atoms with Gasteiger partial charge in [-0.3, -0.25) is 9.30 Å². The number of hydrogen-bond acceptors (Lipinski definition) is 5. The van der Waals surface area contributed by atoms with Gasteiger partial charge in [0.2, 0.25) is 0 Å². The number of pyridine rings is 1. The van der Waals surface area contributed by atoms with Crippen molar-refractivity contribution in [2.75, 3.05) is 38.2 Å². The number of rotatable bonds is 5. The van der Waals surface area contributed by atoms with Crippen molar-refractivity contribution in [2.45, 2.75) is 13.0 Å². The third kappa shape index (κ3) is 4.20. The number of ether oxygens (including phenoxy) is 1. The van der Waals surface area contributed by atoms with Crippen LogP contribution in [0.25, 0.3) is 16.7 Å². The van der Waals surface area contributed by atoms with Gasteiger partial charge in [-0.1, -0.05) is 72.3 Å². The summed E-state index contributed by atoms with van der Waals surface area (Å²) in [6.45, 7) is 5.32. The first kappa shape index (κ1) is 24.5. The minimum atomic E-state index is -0.371. The number of anilines is 1. The maximum Gasteiger partial charge on any atom is 0.341 e. The van der Waals surface area contributed by atoms with Gasteiger partial charge in [0, 0.05) is 31.2 Å². The zero-order valence-corrected chi connectivity index (χ0v) is 22.2. The molecule has 1 unspecified atom stereocenters. The molecule has 5 aromatic rings. The molecule has 38 heavy (non-hydrogen) atoms. The highest BCUT2D eigenvalue weighted by Gasteiger charge is 2.30. The summed E-state index contributed by atoms with van der Waals surface area (Å²) < 4.78 is 7.22. The second kappa shape index (κ2) is 10.1. The van der Waals surface area contributed by atoms with Crippen molar-refractivity contribution in [2.24, 2.45) is 0 Å². The predicted octanol–water partition coefficient (Wildman–Crippen LogP) is 6.15. The molecule has 3 heterocycles. The number of carbonyl (C=O) groups excluding carboxylic acids is 1. The molecule has 6 rings (SSSR count). The number of methoxy groups -OCH3 is 1. The first-order valence-electron chi connectivity index (χ1n) is 12.8. The van der Waals surface area contributed by atoms with Gasteiger partial charge < -0.3 is 9.64 Å². The molecule has 0 saturated carbocycles. The fourth-order valence-corrected chi connectivity index (χ4v) is 5.89. The maximum absolute atomic E-state index is 12.7. The van der Waals surface area contributed by atoms with E-state index in [2.05, 4.69) is 56.7 Å². The molecular formula is C31H29ClN4O2. The van der Waals surface area contributed by atoms with Gasteiger partial charge in [-0.05, 0) is 47.9 Å². The number of carbonyl (C=O) groups is 1. The number of nitrogens with zero attached hydrogens (tertiary/aromatic N) is 4. The van der Waals surface area contributed by atoms with Gasteiger partial charge in [-0.2, -0.15) is 0 Å². The number of hydrogen-bond donors (Lipinski definition) is 0. The lowest BCUT2D eigenvalue weighted by Gasteiger charge is -2.41. The van der Waals surface area contributed by atoms with E-state index >= 15 is 0 Å². The Morgan fingerprint density at radius 2 is 1.61 bits per heavy atom. The molecule has 2 aromatic heterocycles. The Labute approximate surface area is 227 Å². The minimum Gasteiger partial charge on any atom is -0.465 e. The van der Waals surface area contributed by atoms with Crippen LogP contribution in [0, 0.1) is 6.92 Å². The molecule has 1 saturated heterocycles. The molecule has 0 spiro atoms. The Morgan fingerprint density at radius 3 is 2.34 bits per heavy atom. The number of aryl methyl sites for hydroxylation is 1. The van der Waals surface area contributed by atoms with Crippen molar-refractivity contribution in [3.8, 4) is 0 Å². The number of halogens is 1. The molecule has 0 aliphatic carbocycles. The summed E-state index contributed by atoms with van der Waals surface area (Å²) in [7, 11) is 1.41. The largest absolute Gasteiger partial charge is 0.465 e. The van der Waals surface area contributed by atoms with Crippen LogP contribution in [0.2, 0.25) is 5.02 Å². The zero-order valence-electron chi connectivity index (χ0n) is 21.5. The Hall–Kier alpha value is -3.87. The topological polar surface area (TPSA) is 50.1 Å². The summed E-state index contributed by atoms with van der Waals surface area (Å²) in [6, 6.07) is 28.9. The van der Waals surface area contributed by atoms with Gasteiger partial charge in [-0.25, -0.2) is 9.78 Å². The summed E-state index contributed by atoms with van der Waals surface area (Å²) in [5, 5.41) is 0.782. The molecule has 1 aliphatic rings. The second-order valence-corrected chi connectivity index (χ2v) is 10.1. The Balaban J connectivity index is 1.38. The summed E-state index contributed by atoms with van der Waals surface area (Å²) in [5.41, 5.74) is 6.18. The molecule has 0 N–H and O–H groups in total. The van der Waals surface area contributed by atoms with Crippen LogP contribution in [0.15, 0.2) is 84.9 Å². The number of benzene rings is 3. The van der Waals surface area contributed by atoms with Crippen molar-refractivity contribution in [3.63, 3.8) is 0 Å². The van der Waals surface area contributed by atoms with E-state index in [-0.39, 0.29) is 12.0 Å². The molecule has 1 atom stereocenters. The smallest absolute Gasteiger partial charge is 0.341 e. The highest BCUT2D eigenvalue weighted by atomic mass is 35.5. The summed E-state index contributed by atoms with van der Waals surface area (Å²) in [5.74, 6) is 0.664. The number of piperazine rings is 1. The van der Waals surface area contributed by atoms with E-state index in [0.717, 1.165) is 59.2 Å². The number of aromatic nitrogens is 2. The van der Waals surface area contributed by atoms with Gasteiger partial charge in [0.05, 0.1) is 24.2 Å². The first-order chi connectivity index (χ1) is 18.6. The van der Waals surface area contributed by atoms with E-state index in [1.165, 1.54) is 12.7 Å². The highest BCUT2D eigenvalue weighted by Crippen LogP contribution is 2.35. The van der Waals surface area contributed by atoms with Crippen LogP contribution >= 0.6 is 11.6 Å². The van der Waals surface area contributed by atoms with Crippen LogP contribution in [-0.4, -0.2) is 53.5 Å². The third-order valence-corrected chi connectivity index (χ3v) is 7.81. The average Bonchev–Trinajstić information content (AvgIpc) is 3.33. The quantitative estimate of drug-likeness (QED) is 0.258. The number of imidazole rings is 1. The standard InChI is InChI=1S/C31H29ClN4O2/c1-21-20-27(36-26-15-9-8-14-25(26)33-30(36)28(21)31(37)38-2)34-16-18-35(19-17-34)29(22-10-4-3-5-11-22)23-12-6-7-13-24(23)32/h3-15,20,29H,16-19H2,1-2H3. The molecule has 0 radical (unpaired) electrons. The molecule has 6 nitrogen and oxygen atoms in total. The van der Waals surface area contributed by atoms with Gasteiger partial charge >= 0.3 is 5.97 Å². The first-order valence-corrected chi connectivity index (χ1v) is 13.2. The molecule has 1 fully saturated rings. The normalized spacial score (nSPS) is 15.2. The molecule has 0 amide bonds. The van der Waals surface area contributed by atoms with Crippen LogP contribution in [0.3, 0.4) is 0 Å². The van der Waals surface area contributed by atoms with Crippen LogP contribution in [-0.2, 0) is 4.74 Å². The third-order valence-electron chi connectivity index (χ3n) is 7.46. The Kier molecular flexibility index (Phi) is 6.52. The molecule has 1 aliphatic heterocycles. The molecule has 7 heteroatoms. The molecular weight excluding hydrogens is 496 g/mol. The summed E-state index contributed by atoms with van der Waals surface area (Å²) >= 11 is 6.71. The van der Waals surface area contributed by atoms with E-state index < -0.39 is 0 Å². The number of fused-ring (bicyclic) bond motifs is 3. The number of esters is 1. The number of para-hydroxylation sites is 2.